The van der Waals surface area contributed by atoms with Gasteiger partial charge in [-0.1, -0.05) is 12.1 Å². The molecule has 2 N–H and O–H groups in total. The minimum absolute atomic E-state index is 0.0656. The van der Waals surface area contributed by atoms with Gasteiger partial charge in [0.05, 0.1) is 4.90 Å². The number of nitrogens with one attached hydrogen (secondary N) is 2. The number of nitrogens with zero attached hydrogens (tertiary/aromatic N) is 1. The summed E-state index contributed by atoms with van der Waals surface area (Å²) in [7, 11) is -2.48. The van der Waals surface area contributed by atoms with Gasteiger partial charge < -0.3 is 5.32 Å². The predicted octanol–water partition coefficient (Wildman–Crippen LogP) is 2.72. The number of anilines is 1. The SMILES string of the molecule is CNS(=O)(=O)c1cccc(C(C)Nc2c(F)c(F)nc(F)c2F)c1. The van der Waals surface area contributed by atoms with E-state index in [4.69, 9.17) is 0 Å². The average Bonchev–Trinajstić information content (AvgIpc) is 2.57. The molecule has 1 aromatic heterocycles. The molecule has 0 amide bonds. The lowest BCUT2D eigenvalue weighted by Crippen LogP contribution is -2.19. The minimum atomic E-state index is -3.71. The fraction of sp³-hybridized carbons (Fsp3) is 0.214. The predicted molar refractivity (Wildman–Crippen MR) is 78.8 cm³/mol. The van der Waals surface area contributed by atoms with Crippen LogP contribution in [0.15, 0.2) is 29.2 Å². The zero-order valence-electron chi connectivity index (χ0n) is 12.6. The Morgan fingerprint density at radius 2 is 1.67 bits per heavy atom. The Balaban J connectivity index is 2.39. The molecule has 2 rings (SSSR count). The van der Waals surface area contributed by atoms with Gasteiger partial charge in [-0.25, -0.2) is 13.1 Å². The van der Waals surface area contributed by atoms with Gasteiger partial charge in [-0.15, -0.1) is 0 Å². The third-order valence-electron chi connectivity index (χ3n) is 3.30. The van der Waals surface area contributed by atoms with E-state index in [-0.39, 0.29) is 4.90 Å². The normalized spacial score (nSPS) is 12.9. The lowest BCUT2D eigenvalue weighted by atomic mass is 10.1. The average molecular weight is 363 g/mol. The van der Waals surface area contributed by atoms with Gasteiger partial charge in [-0.3, -0.25) is 0 Å². The Bertz CT molecular complexity index is 848. The van der Waals surface area contributed by atoms with E-state index in [0.717, 1.165) is 0 Å². The number of hydrogen-bond acceptors (Lipinski definition) is 4. The van der Waals surface area contributed by atoms with Crippen LogP contribution in [0.5, 0.6) is 0 Å². The van der Waals surface area contributed by atoms with Gasteiger partial charge in [0.15, 0.2) is 0 Å². The molecule has 0 radical (unpaired) electrons. The molecule has 1 aromatic carbocycles. The molecule has 0 aliphatic heterocycles. The highest BCUT2D eigenvalue weighted by Crippen LogP contribution is 2.27. The summed E-state index contributed by atoms with van der Waals surface area (Å²) in [6.07, 6.45) is 0. The van der Waals surface area contributed by atoms with Gasteiger partial charge >= 0.3 is 0 Å². The molecule has 24 heavy (non-hydrogen) atoms. The first-order valence-corrected chi connectivity index (χ1v) is 8.15. The van der Waals surface area contributed by atoms with Crippen LogP contribution in [0, 0.1) is 23.5 Å². The van der Waals surface area contributed by atoms with Crippen LogP contribution in [0.1, 0.15) is 18.5 Å². The Hall–Kier alpha value is -2.20. The molecule has 0 saturated carbocycles. The zero-order chi connectivity index (χ0) is 18.1. The maximum absolute atomic E-state index is 13.6. The van der Waals surface area contributed by atoms with Crippen LogP contribution in [0.3, 0.4) is 0 Å². The molecule has 10 heteroatoms. The van der Waals surface area contributed by atoms with Gasteiger partial charge in [0.1, 0.15) is 5.69 Å². The van der Waals surface area contributed by atoms with Crippen molar-refractivity contribution in [2.45, 2.75) is 17.9 Å². The summed E-state index contributed by atoms with van der Waals surface area (Å²) in [5.41, 5.74) is -0.683. The van der Waals surface area contributed by atoms with E-state index in [1.807, 2.05) is 0 Å². The smallest absolute Gasteiger partial charge is 0.253 e. The van der Waals surface area contributed by atoms with Crippen LogP contribution < -0.4 is 10.0 Å². The fourth-order valence-corrected chi connectivity index (χ4v) is 2.77. The molecule has 0 aliphatic carbocycles. The van der Waals surface area contributed by atoms with Gasteiger partial charge in [0.25, 0.3) is 11.9 Å². The summed E-state index contributed by atoms with van der Waals surface area (Å²) >= 11 is 0. The Kier molecular flexibility index (Phi) is 5.09. The Labute approximate surface area is 135 Å². The molecule has 5 nitrogen and oxygen atoms in total. The van der Waals surface area contributed by atoms with Crippen LogP contribution >= 0.6 is 0 Å². The van der Waals surface area contributed by atoms with Crippen molar-refractivity contribution < 1.29 is 26.0 Å². The molecule has 1 unspecified atom stereocenters. The van der Waals surface area contributed by atoms with E-state index in [9.17, 15) is 26.0 Å². The number of hydrogen-bond donors (Lipinski definition) is 2. The van der Waals surface area contributed by atoms with E-state index in [1.165, 1.54) is 38.2 Å². The Morgan fingerprint density at radius 1 is 1.08 bits per heavy atom. The third kappa shape index (κ3) is 3.49. The van der Waals surface area contributed by atoms with Crippen molar-refractivity contribution in [3.8, 4) is 0 Å². The summed E-state index contributed by atoms with van der Waals surface area (Å²) in [6, 6.07) is 4.68. The van der Waals surface area contributed by atoms with E-state index in [0.29, 0.717) is 5.56 Å². The highest BCUT2D eigenvalue weighted by atomic mass is 32.2. The maximum atomic E-state index is 13.6. The summed E-state index contributed by atoms with van der Waals surface area (Å²) in [6.45, 7) is 1.44. The number of sulfonamides is 1. The van der Waals surface area contributed by atoms with E-state index >= 15 is 0 Å². The van der Waals surface area contributed by atoms with Crippen molar-refractivity contribution in [2.24, 2.45) is 0 Å². The van der Waals surface area contributed by atoms with Crippen LogP contribution in [0.4, 0.5) is 23.2 Å². The molecule has 1 atom stereocenters. The number of aromatic nitrogens is 1. The summed E-state index contributed by atoms with van der Waals surface area (Å²) in [5, 5.41) is 2.29. The Morgan fingerprint density at radius 3 is 2.21 bits per heavy atom. The molecule has 1 heterocycles. The molecule has 0 aliphatic rings. The number of halogens is 4. The zero-order valence-corrected chi connectivity index (χ0v) is 13.4. The standard InChI is InChI=1S/C14H13F4N3O2S/c1-7(8-4-3-5-9(6-8)24(22,23)19-2)20-12-10(15)13(17)21-14(18)11(12)16/h3-7,19H,1-2H3,(H,20,21). The van der Waals surface area contributed by atoms with Gasteiger partial charge in [-0.05, 0) is 31.7 Å². The van der Waals surface area contributed by atoms with E-state index < -0.39 is 45.3 Å². The molecule has 2 aromatic rings. The van der Waals surface area contributed by atoms with Crippen molar-refractivity contribution >= 4 is 15.7 Å². The highest BCUT2D eigenvalue weighted by molar-refractivity contribution is 7.89. The summed E-state index contributed by atoms with van der Waals surface area (Å²) in [5.74, 6) is -6.90. The lowest BCUT2D eigenvalue weighted by Gasteiger charge is -2.17. The van der Waals surface area contributed by atoms with Crippen LogP contribution in [0.25, 0.3) is 0 Å². The summed E-state index contributed by atoms with van der Waals surface area (Å²) < 4.78 is 79.2. The van der Waals surface area contributed by atoms with Crippen LogP contribution in [-0.2, 0) is 10.0 Å². The number of benzene rings is 1. The van der Waals surface area contributed by atoms with E-state index in [1.54, 1.807) is 0 Å². The topological polar surface area (TPSA) is 71.1 Å². The second kappa shape index (κ2) is 6.73. The maximum Gasteiger partial charge on any atom is 0.253 e. The monoisotopic (exact) mass is 363 g/mol. The minimum Gasteiger partial charge on any atom is -0.373 e. The fourth-order valence-electron chi connectivity index (χ4n) is 1.98. The second-order valence-corrected chi connectivity index (χ2v) is 6.73. The molecule has 0 fully saturated rings. The van der Waals surface area contributed by atoms with Gasteiger partial charge in [-0.2, -0.15) is 22.5 Å². The molecule has 0 bridgehead atoms. The second-order valence-electron chi connectivity index (χ2n) is 4.84. The van der Waals surface area contributed by atoms with Gasteiger partial charge in [0, 0.05) is 6.04 Å². The van der Waals surface area contributed by atoms with Crippen LogP contribution in [0.2, 0.25) is 0 Å². The molecule has 0 saturated heterocycles. The highest BCUT2D eigenvalue weighted by Gasteiger charge is 2.22. The first-order valence-electron chi connectivity index (χ1n) is 6.67. The van der Waals surface area contributed by atoms with E-state index in [2.05, 4.69) is 15.0 Å². The van der Waals surface area contributed by atoms with Crippen molar-refractivity contribution in [1.82, 2.24) is 9.71 Å². The van der Waals surface area contributed by atoms with Crippen molar-refractivity contribution in [2.75, 3.05) is 12.4 Å². The van der Waals surface area contributed by atoms with Crippen molar-refractivity contribution in [1.29, 1.82) is 0 Å². The first-order chi connectivity index (χ1) is 11.2. The first kappa shape index (κ1) is 18.1. The molecule has 0 spiro atoms. The van der Waals surface area contributed by atoms with Crippen LogP contribution in [-0.4, -0.2) is 20.4 Å². The largest absolute Gasteiger partial charge is 0.373 e. The van der Waals surface area contributed by atoms with Gasteiger partial charge in [0.2, 0.25) is 21.7 Å². The number of pyridine rings is 1. The van der Waals surface area contributed by atoms with Crippen molar-refractivity contribution in [3.63, 3.8) is 0 Å². The summed E-state index contributed by atoms with van der Waals surface area (Å²) in [4.78, 5) is 2.39. The number of rotatable bonds is 5. The quantitative estimate of drug-likeness (QED) is 0.633. The van der Waals surface area contributed by atoms with Crippen molar-refractivity contribution in [3.05, 3.63) is 53.4 Å². The molecular weight excluding hydrogens is 350 g/mol. The third-order valence-corrected chi connectivity index (χ3v) is 4.71. The lowest BCUT2D eigenvalue weighted by molar-refractivity contribution is 0.410. The molecule has 130 valence electrons. The molecular formula is C14H13F4N3O2S.